The lowest BCUT2D eigenvalue weighted by Gasteiger charge is -2.11. The Morgan fingerprint density at radius 1 is 1.19 bits per heavy atom. The molecule has 1 saturated heterocycles. The molecule has 3 rings (SSSR count). The van der Waals surface area contributed by atoms with E-state index in [9.17, 15) is 8.42 Å². The number of rotatable bonds is 4. The molecule has 0 spiro atoms. The number of sulfone groups is 1. The van der Waals surface area contributed by atoms with Gasteiger partial charge in [0.15, 0.2) is 9.84 Å². The number of nitrogens with one attached hydrogen (secondary N) is 1. The average Bonchev–Trinajstić information content (AvgIpc) is 2.83. The molecule has 0 bridgehead atoms. The Labute approximate surface area is 125 Å². The standard InChI is InChI=1S/C16H19NO3S/c1-20-16-5-4-13-8-12(2-3-14(13)9-16)10-17-15-6-7-21(18,19)11-15/h2-5,8-9,15,17H,6-7,10-11H2,1H3. The van der Waals surface area contributed by atoms with Gasteiger partial charge in [-0.2, -0.15) is 0 Å². The number of benzene rings is 2. The molecule has 0 aromatic heterocycles. The van der Waals surface area contributed by atoms with Gasteiger partial charge in [0.1, 0.15) is 5.75 Å². The molecule has 0 saturated carbocycles. The minimum atomic E-state index is -2.82. The lowest BCUT2D eigenvalue weighted by atomic mass is 10.1. The normalized spacial score (nSPS) is 20.7. The molecular formula is C16H19NO3S. The first kappa shape index (κ1) is 14.4. The molecule has 0 aliphatic carbocycles. The summed E-state index contributed by atoms with van der Waals surface area (Å²) in [5.74, 6) is 1.42. The third kappa shape index (κ3) is 3.36. The van der Waals surface area contributed by atoms with Gasteiger partial charge in [-0.15, -0.1) is 0 Å². The second-order valence-electron chi connectivity index (χ2n) is 5.53. The minimum Gasteiger partial charge on any atom is -0.497 e. The van der Waals surface area contributed by atoms with E-state index in [-0.39, 0.29) is 11.8 Å². The molecule has 1 heterocycles. The number of fused-ring (bicyclic) bond motifs is 1. The molecule has 4 nitrogen and oxygen atoms in total. The molecule has 2 aromatic carbocycles. The molecular weight excluding hydrogens is 286 g/mol. The topological polar surface area (TPSA) is 55.4 Å². The number of ether oxygens (including phenoxy) is 1. The maximum absolute atomic E-state index is 11.4. The van der Waals surface area contributed by atoms with Crippen molar-refractivity contribution in [2.75, 3.05) is 18.6 Å². The predicted octanol–water partition coefficient (Wildman–Crippen LogP) is 2.13. The van der Waals surface area contributed by atoms with Gasteiger partial charge in [-0.1, -0.05) is 18.2 Å². The van der Waals surface area contributed by atoms with Gasteiger partial charge in [0.2, 0.25) is 0 Å². The Kier molecular flexibility index (Phi) is 3.87. The van der Waals surface area contributed by atoms with E-state index < -0.39 is 9.84 Å². The highest BCUT2D eigenvalue weighted by atomic mass is 32.2. The van der Waals surface area contributed by atoms with E-state index in [1.807, 2.05) is 18.2 Å². The van der Waals surface area contributed by atoms with Gasteiger partial charge < -0.3 is 10.1 Å². The van der Waals surface area contributed by atoms with Crippen LogP contribution in [0.25, 0.3) is 10.8 Å². The Bertz CT molecular complexity index is 755. The summed E-state index contributed by atoms with van der Waals surface area (Å²) in [6.45, 7) is 0.697. The Balaban J connectivity index is 1.70. The summed E-state index contributed by atoms with van der Waals surface area (Å²) in [6, 6.07) is 12.3. The van der Waals surface area contributed by atoms with Gasteiger partial charge in [-0.25, -0.2) is 8.42 Å². The molecule has 21 heavy (non-hydrogen) atoms. The van der Waals surface area contributed by atoms with Crippen molar-refractivity contribution < 1.29 is 13.2 Å². The lowest BCUT2D eigenvalue weighted by molar-refractivity contribution is 0.415. The molecule has 2 aromatic rings. The smallest absolute Gasteiger partial charge is 0.151 e. The van der Waals surface area contributed by atoms with E-state index in [1.54, 1.807) is 7.11 Å². The molecule has 0 amide bonds. The Hall–Kier alpha value is -1.59. The van der Waals surface area contributed by atoms with Crippen LogP contribution < -0.4 is 10.1 Å². The van der Waals surface area contributed by atoms with Gasteiger partial charge in [-0.05, 0) is 41.0 Å². The van der Waals surface area contributed by atoms with Crippen molar-refractivity contribution in [1.82, 2.24) is 5.32 Å². The fraction of sp³-hybridized carbons (Fsp3) is 0.375. The molecule has 112 valence electrons. The summed E-state index contributed by atoms with van der Waals surface area (Å²) in [4.78, 5) is 0. The molecule has 1 aliphatic heterocycles. The van der Waals surface area contributed by atoms with Gasteiger partial charge >= 0.3 is 0 Å². The highest BCUT2D eigenvalue weighted by Crippen LogP contribution is 2.22. The summed E-state index contributed by atoms with van der Waals surface area (Å²) in [5, 5.41) is 5.64. The zero-order valence-electron chi connectivity index (χ0n) is 12.0. The van der Waals surface area contributed by atoms with Crippen LogP contribution in [0.5, 0.6) is 5.75 Å². The van der Waals surface area contributed by atoms with E-state index in [2.05, 4.69) is 23.5 Å². The monoisotopic (exact) mass is 305 g/mol. The summed E-state index contributed by atoms with van der Waals surface area (Å²) in [5.41, 5.74) is 1.16. The zero-order valence-corrected chi connectivity index (χ0v) is 12.8. The molecule has 0 radical (unpaired) electrons. The highest BCUT2D eigenvalue weighted by molar-refractivity contribution is 7.91. The van der Waals surface area contributed by atoms with Crippen LogP contribution >= 0.6 is 0 Å². The summed E-state index contributed by atoms with van der Waals surface area (Å²) >= 11 is 0. The Morgan fingerprint density at radius 3 is 2.67 bits per heavy atom. The molecule has 1 fully saturated rings. The maximum atomic E-state index is 11.4. The van der Waals surface area contributed by atoms with Crippen LogP contribution in [0.1, 0.15) is 12.0 Å². The van der Waals surface area contributed by atoms with Crippen LogP contribution in [-0.2, 0) is 16.4 Å². The van der Waals surface area contributed by atoms with E-state index in [0.717, 1.165) is 22.1 Å². The molecule has 5 heteroatoms. The second kappa shape index (κ2) is 5.66. The highest BCUT2D eigenvalue weighted by Gasteiger charge is 2.27. The quantitative estimate of drug-likeness (QED) is 0.940. The lowest BCUT2D eigenvalue weighted by Crippen LogP contribution is -2.29. The Morgan fingerprint density at radius 2 is 1.95 bits per heavy atom. The summed E-state index contributed by atoms with van der Waals surface area (Å²) in [6.07, 6.45) is 0.715. The second-order valence-corrected chi connectivity index (χ2v) is 7.76. The number of methoxy groups -OCH3 is 1. The molecule has 1 aliphatic rings. The first-order chi connectivity index (χ1) is 10.1. The van der Waals surface area contributed by atoms with Gasteiger partial charge in [0.05, 0.1) is 18.6 Å². The first-order valence-electron chi connectivity index (χ1n) is 7.06. The van der Waals surface area contributed by atoms with Crippen LogP contribution in [0.3, 0.4) is 0 Å². The van der Waals surface area contributed by atoms with Gasteiger partial charge in [-0.3, -0.25) is 0 Å². The first-order valence-corrected chi connectivity index (χ1v) is 8.88. The number of hydrogen-bond donors (Lipinski definition) is 1. The van der Waals surface area contributed by atoms with Crippen molar-refractivity contribution in [2.24, 2.45) is 0 Å². The van der Waals surface area contributed by atoms with Crippen LogP contribution in [-0.4, -0.2) is 33.1 Å². The van der Waals surface area contributed by atoms with Crippen molar-refractivity contribution in [3.8, 4) is 5.75 Å². The average molecular weight is 305 g/mol. The number of hydrogen-bond acceptors (Lipinski definition) is 4. The van der Waals surface area contributed by atoms with Crippen molar-refractivity contribution >= 4 is 20.6 Å². The van der Waals surface area contributed by atoms with Crippen molar-refractivity contribution in [3.63, 3.8) is 0 Å². The molecule has 1 unspecified atom stereocenters. The third-order valence-electron chi connectivity index (χ3n) is 3.94. The fourth-order valence-electron chi connectivity index (χ4n) is 2.73. The van der Waals surface area contributed by atoms with Crippen molar-refractivity contribution in [1.29, 1.82) is 0 Å². The fourth-order valence-corrected chi connectivity index (χ4v) is 4.44. The van der Waals surface area contributed by atoms with Gasteiger partial charge in [0, 0.05) is 12.6 Å². The van der Waals surface area contributed by atoms with Crippen LogP contribution in [0.4, 0.5) is 0 Å². The largest absolute Gasteiger partial charge is 0.497 e. The van der Waals surface area contributed by atoms with E-state index >= 15 is 0 Å². The summed E-state index contributed by atoms with van der Waals surface area (Å²) in [7, 11) is -1.16. The van der Waals surface area contributed by atoms with E-state index in [0.29, 0.717) is 18.7 Å². The van der Waals surface area contributed by atoms with Gasteiger partial charge in [0.25, 0.3) is 0 Å². The van der Waals surface area contributed by atoms with Crippen LogP contribution in [0.15, 0.2) is 36.4 Å². The maximum Gasteiger partial charge on any atom is 0.151 e. The van der Waals surface area contributed by atoms with E-state index in [1.165, 1.54) is 0 Å². The van der Waals surface area contributed by atoms with Crippen molar-refractivity contribution in [3.05, 3.63) is 42.0 Å². The van der Waals surface area contributed by atoms with Crippen molar-refractivity contribution in [2.45, 2.75) is 19.0 Å². The predicted molar refractivity (Wildman–Crippen MR) is 84.4 cm³/mol. The summed E-state index contributed by atoms with van der Waals surface area (Å²) < 4.78 is 28.1. The van der Waals surface area contributed by atoms with E-state index in [4.69, 9.17) is 4.74 Å². The SMILES string of the molecule is COc1ccc2cc(CNC3CCS(=O)(=O)C3)ccc2c1. The minimum absolute atomic E-state index is 0.0848. The molecule has 1 N–H and O–H groups in total. The van der Waals surface area contributed by atoms with Crippen LogP contribution in [0.2, 0.25) is 0 Å². The zero-order chi connectivity index (χ0) is 14.9. The third-order valence-corrected chi connectivity index (χ3v) is 5.71. The molecule has 1 atom stereocenters. The van der Waals surface area contributed by atoms with Crippen LogP contribution in [0, 0.1) is 0 Å².